The second-order valence-corrected chi connectivity index (χ2v) is 3.14. The topological polar surface area (TPSA) is 9.23 Å². The van der Waals surface area contributed by atoms with Crippen LogP contribution in [0, 0.1) is 0 Å². The van der Waals surface area contributed by atoms with E-state index in [1.165, 1.54) is 11.8 Å². The summed E-state index contributed by atoms with van der Waals surface area (Å²) in [5, 5.41) is 0. The first-order valence-electron chi connectivity index (χ1n) is 4.63. The van der Waals surface area contributed by atoms with Gasteiger partial charge in [0.15, 0.2) is 0 Å². The average Bonchev–Trinajstić information content (AvgIpc) is 2.17. The fourth-order valence-corrected chi connectivity index (χ4v) is 1.25. The predicted molar refractivity (Wildman–Crippen MR) is 55.5 cm³/mol. The summed E-state index contributed by atoms with van der Waals surface area (Å²) in [6.45, 7) is 5.59. The lowest BCUT2D eigenvalue weighted by molar-refractivity contribution is 0.154. The molecule has 0 spiro atoms. The van der Waals surface area contributed by atoms with Gasteiger partial charge in [-0.25, -0.2) is 0 Å². The van der Waals surface area contributed by atoms with Crippen molar-refractivity contribution in [3.05, 3.63) is 48.7 Å². The molecule has 1 aromatic rings. The zero-order valence-electron chi connectivity index (χ0n) is 8.07. The molecule has 1 nitrogen and oxygen atoms in total. The molecule has 13 heavy (non-hydrogen) atoms. The number of hydrogen-bond donors (Lipinski definition) is 0. The zero-order chi connectivity index (χ0) is 9.52. The second kappa shape index (κ2) is 5.41. The number of hydrogen-bond acceptors (Lipinski definition) is 1. The van der Waals surface area contributed by atoms with Crippen LogP contribution in [-0.2, 0) is 11.2 Å². The van der Waals surface area contributed by atoms with E-state index in [0.29, 0.717) is 0 Å². The molecule has 1 aromatic carbocycles. The van der Waals surface area contributed by atoms with Crippen molar-refractivity contribution >= 4 is 0 Å². The molecule has 0 amide bonds. The van der Waals surface area contributed by atoms with E-state index in [1.54, 1.807) is 0 Å². The predicted octanol–water partition coefficient (Wildman–Crippen LogP) is 3.17. The summed E-state index contributed by atoms with van der Waals surface area (Å²) in [6.07, 6.45) is 3.87. The Morgan fingerprint density at radius 3 is 2.69 bits per heavy atom. The Kier molecular flexibility index (Phi) is 4.10. The Morgan fingerprint density at radius 1 is 1.38 bits per heavy atom. The highest BCUT2D eigenvalue weighted by Gasteiger charge is 2.00. The Balaban J connectivity index is 2.30. The van der Waals surface area contributed by atoms with Crippen LogP contribution in [0.1, 0.15) is 18.9 Å². The smallest absolute Gasteiger partial charge is 0.0953 e. The summed E-state index contributed by atoms with van der Waals surface area (Å²) in [5.41, 5.74) is 1.36. The normalized spacial score (nSPS) is 12.1. The van der Waals surface area contributed by atoms with Crippen molar-refractivity contribution in [3.63, 3.8) is 0 Å². The molecular weight excluding hydrogens is 160 g/mol. The lowest BCUT2D eigenvalue weighted by Crippen LogP contribution is -2.04. The SMILES string of the molecule is C=COC(C)CCc1ccccc1. The molecule has 0 aromatic heterocycles. The van der Waals surface area contributed by atoms with E-state index in [2.05, 4.69) is 37.8 Å². The molecule has 1 rings (SSSR count). The van der Waals surface area contributed by atoms with Gasteiger partial charge in [0, 0.05) is 0 Å². The van der Waals surface area contributed by atoms with Crippen LogP contribution in [0.2, 0.25) is 0 Å². The van der Waals surface area contributed by atoms with Gasteiger partial charge < -0.3 is 4.74 Å². The van der Waals surface area contributed by atoms with Crippen LogP contribution in [0.25, 0.3) is 0 Å². The van der Waals surface area contributed by atoms with Gasteiger partial charge in [-0.1, -0.05) is 36.9 Å². The van der Waals surface area contributed by atoms with E-state index in [-0.39, 0.29) is 6.10 Å². The molecule has 0 fully saturated rings. The van der Waals surface area contributed by atoms with Gasteiger partial charge in [-0.3, -0.25) is 0 Å². The highest BCUT2D eigenvalue weighted by Crippen LogP contribution is 2.06. The monoisotopic (exact) mass is 176 g/mol. The maximum absolute atomic E-state index is 5.23. The summed E-state index contributed by atoms with van der Waals surface area (Å²) < 4.78 is 5.23. The van der Waals surface area contributed by atoms with E-state index in [9.17, 15) is 0 Å². The van der Waals surface area contributed by atoms with Crippen LogP contribution in [0.4, 0.5) is 0 Å². The second-order valence-electron chi connectivity index (χ2n) is 3.14. The quantitative estimate of drug-likeness (QED) is 0.626. The van der Waals surface area contributed by atoms with Crippen LogP contribution in [-0.4, -0.2) is 6.10 Å². The zero-order valence-corrected chi connectivity index (χ0v) is 8.07. The lowest BCUT2D eigenvalue weighted by Gasteiger charge is -2.10. The number of aryl methyl sites for hydroxylation is 1. The Bertz CT molecular complexity index is 241. The van der Waals surface area contributed by atoms with Gasteiger partial charge in [-0.05, 0) is 25.3 Å². The van der Waals surface area contributed by atoms with E-state index in [1.807, 2.05) is 6.07 Å². The third-order valence-corrected chi connectivity index (χ3v) is 2.01. The van der Waals surface area contributed by atoms with Crippen molar-refractivity contribution in [1.29, 1.82) is 0 Å². The maximum atomic E-state index is 5.23. The molecule has 0 saturated carbocycles. The number of rotatable bonds is 5. The van der Waals surface area contributed by atoms with Crippen molar-refractivity contribution in [1.82, 2.24) is 0 Å². The van der Waals surface area contributed by atoms with Crippen LogP contribution in [0.3, 0.4) is 0 Å². The maximum Gasteiger partial charge on any atom is 0.0953 e. The molecule has 1 atom stereocenters. The third-order valence-electron chi connectivity index (χ3n) is 2.01. The first-order chi connectivity index (χ1) is 6.33. The minimum Gasteiger partial charge on any atom is -0.499 e. The molecule has 0 N–H and O–H groups in total. The fourth-order valence-electron chi connectivity index (χ4n) is 1.25. The minimum atomic E-state index is 0.262. The van der Waals surface area contributed by atoms with E-state index >= 15 is 0 Å². The summed E-state index contributed by atoms with van der Waals surface area (Å²) in [6, 6.07) is 10.4. The average molecular weight is 176 g/mol. The van der Waals surface area contributed by atoms with Crippen molar-refractivity contribution in [3.8, 4) is 0 Å². The van der Waals surface area contributed by atoms with Crippen LogP contribution in [0.5, 0.6) is 0 Å². The molecule has 0 radical (unpaired) electrons. The molecule has 0 saturated heterocycles. The van der Waals surface area contributed by atoms with Gasteiger partial charge in [0.1, 0.15) is 0 Å². The third kappa shape index (κ3) is 3.79. The van der Waals surface area contributed by atoms with Gasteiger partial charge in [-0.15, -0.1) is 0 Å². The molecule has 0 bridgehead atoms. The molecule has 0 aliphatic heterocycles. The lowest BCUT2D eigenvalue weighted by atomic mass is 10.1. The van der Waals surface area contributed by atoms with Crippen molar-refractivity contribution < 1.29 is 4.74 Å². The molecular formula is C12H16O. The molecule has 0 heterocycles. The van der Waals surface area contributed by atoms with Gasteiger partial charge in [0.25, 0.3) is 0 Å². The minimum absolute atomic E-state index is 0.262. The molecule has 0 aliphatic rings. The summed E-state index contributed by atoms with van der Waals surface area (Å²) in [5.74, 6) is 0. The summed E-state index contributed by atoms with van der Waals surface area (Å²) in [7, 11) is 0. The highest BCUT2D eigenvalue weighted by molar-refractivity contribution is 5.14. The first kappa shape index (κ1) is 9.85. The van der Waals surface area contributed by atoms with Gasteiger partial charge in [-0.2, -0.15) is 0 Å². The molecule has 1 heteroatoms. The molecule has 1 unspecified atom stereocenters. The fraction of sp³-hybridized carbons (Fsp3) is 0.333. The van der Waals surface area contributed by atoms with E-state index < -0.39 is 0 Å². The van der Waals surface area contributed by atoms with Gasteiger partial charge >= 0.3 is 0 Å². The van der Waals surface area contributed by atoms with Crippen LogP contribution >= 0.6 is 0 Å². The highest BCUT2D eigenvalue weighted by atomic mass is 16.5. The van der Waals surface area contributed by atoms with Crippen molar-refractivity contribution in [2.24, 2.45) is 0 Å². The van der Waals surface area contributed by atoms with Gasteiger partial charge in [0.2, 0.25) is 0 Å². The summed E-state index contributed by atoms with van der Waals surface area (Å²) >= 11 is 0. The van der Waals surface area contributed by atoms with E-state index in [0.717, 1.165) is 12.8 Å². The summed E-state index contributed by atoms with van der Waals surface area (Å²) in [4.78, 5) is 0. The standard InChI is InChI=1S/C12H16O/c1-3-13-11(2)9-10-12-7-5-4-6-8-12/h3-8,11H,1,9-10H2,2H3. The Labute approximate surface area is 80.0 Å². The van der Waals surface area contributed by atoms with Crippen LogP contribution < -0.4 is 0 Å². The van der Waals surface area contributed by atoms with Crippen molar-refractivity contribution in [2.75, 3.05) is 0 Å². The Hall–Kier alpha value is -1.24. The van der Waals surface area contributed by atoms with E-state index in [4.69, 9.17) is 4.74 Å². The largest absolute Gasteiger partial charge is 0.499 e. The number of benzene rings is 1. The van der Waals surface area contributed by atoms with Crippen molar-refractivity contribution in [2.45, 2.75) is 25.9 Å². The number of ether oxygens (including phenoxy) is 1. The Morgan fingerprint density at radius 2 is 2.08 bits per heavy atom. The first-order valence-corrected chi connectivity index (χ1v) is 4.63. The molecule has 70 valence electrons. The van der Waals surface area contributed by atoms with Gasteiger partial charge in [0.05, 0.1) is 12.4 Å². The van der Waals surface area contributed by atoms with Crippen LogP contribution in [0.15, 0.2) is 43.2 Å². The molecule has 0 aliphatic carbocycles.